The predicted molar refractivity (Wildman–Crippen MR) is 121 cm³/mol. The van der Waals surface area contributed by atoms with Gasteiger partial charge >= 0.3 is 5.63 Å². The monoisotopic (exact) mass is 449 g/mol. The summed E-state index contributed by atoms with van der Waals surface area (Å²) in [5.74, 6) is -0.619. The molecule has 0 saturated carbocycles. The highest BCUT2D eigenvalue weighted by Gasteiger charge is 2.24. The summed E-state index contributed by atoms with van der Waals surface area (Å²) in [7, 11) is -3.29. The normalized spacial score (nSPS) is 17.2. The number of sulfone groups is 1. The molecule has 8 heteroatoms. The Kier molecular flexibility index (Phi) is 4.74. The van der Waals surface area contributed by atoms with Gasteiger partial charge in [-0.15, -0.1) is 0 Å². The highest BCUT2D eigenvalue weighted by molar-refractivity contribution is 7.94. The van der Waals surface area contributed by atoms with Gasteiger partial charge in [0.1, 0.15) is 11.2 Å². The van der Waals surface area contributed by atoms with Gasteiger partial charge in [0.15, 0.2) is 9.84 Å². The molecule has 0 spiro atoms. The van der Waals surface area contributed by atoms with Crippen LogP contribution in [0.2, 0.25) is 0 Å². The minimum atomic E-state index is -3.29. The zero-order chi connectivity index (χ0) is 22.5. The van der Waals surface area contributed by atoms with E-state index < -0.39 is 27.4 Å². The fourth-order valence-corrected chi connectivity index (χ4v) is 5.27. The van der Waals surface area contributed by atoms with Crippen LogP contribution in [0, 0.1) is 6.92 Å². The molecule has 0 fully saturated rings. The van der Waals surface area contributed by atoms with E-state index in [0.29, 0.717) is 22.1 Å². The molecule has 0 saturated heterocycles. The summed E-state index contributed by atoms with van der Waals surface area (Å²) < 4.78 is 34.3. The third-order valence-corrected chi connectivity index (χ3v) is 7.08. The van der Waals surface area contributed by atoms with Crippen molar-refractivity contribution in [3.05, 3.63) is 81.8 Å². The lowest BCUT2D eigenvalue weighted by Gasteiger charge is -2.11. The molecule has 7 nitrogen and oxygen atoms in total. The molecule has 3 heterocycles. The number of nitrogens with one attached hydrogen (secondary N) is 1. The van der Waals surface area contributed by atoms with Crippen LogP contribution in [-0.2, 0) is 21.1 Å². The lowest BCUT2D eigenvalue weighted by Crippen LogP contribution is -2.37. The molecular formula is C24H19NO6S. The fraction of sp³-hybridized carbons (Fsp3) is 0.167. The summed E-state index contributed by atoms with van der Waals surface area (Å²) in [5.41, 5.74) is 3.17. The standard InChI is InChI=1S/C24H19NO6S/c1-14-17-9-19-20(15-5-3-2-4-6-15)12-30-21(19)11-22(17)31-24(27)18(14)10-23(26)25-16-7-8-32(28,29)13-16/h2-9,11-12,16H,10,13H2,1H3,(H,25,26). The van der Waals surface area contributed by atoms with Crippen LogP contribution in [0.3, 0.4) is 0 Å². The Labute approximate surface area is 183 Å². The van der Waals surface area contributed by atoms with Crippen molar-refractivity contribution in [2.24, 2.45) is 0 Å². The molecule has 162 valence electrons. The molecule has 32 heavy (non-hydrogen) atoms. The van der Waals surface area contributed by atoms with Crippen molar-refractivity contribution < 1.29 is 22.0 Å². The second-order valence-electron chi connectivity index (χ2n) is 7.86. The van der Waals surface area contributed by atoms with Crippen LogP contribution in [0.15, 0.2) is 73.8 Å². The quantitative estimate of drug-likeness (QED) is 0.478. The molecule has 5 rings (SSSR count). The van der Waals surface area contributed by atoms with Crippen molar-refractivity contribution in [2.75, 3.05) is 5.75 Å². The zero-order valence-electron chi connectivity index (χ0n) is 17.1. The van der Waals surface area contributed by atoms with Gasteiger partial charge in [-0.1, -0.05) is 30.3 Å². The van der Waals surface area contributed by atoms with Crippen LogP contribution >= 0.6 is 0 Å². The van der Waals surface area contributed by atoms with Crippen molar-refractivity contribution in [1.82, 2.24) is 5.32 Å². The SMILES string of the molecule is Cc1c(CC(=O)NC2C=CS(=O)(=O)C2)c(=O)oc2cc3occ(-c4ccccc4)c3cc12. The van der Waals surface area contributed by atoms with E-state index in [1.807, 2.05) is 36.4 Å². The molecule has 1 atom stereocenters. The summed E-state index contributed by atoms with van der Waals surface area (Å²) >= 11 is 0. The number of fused-ring (bicyclic) bond motifs is 2. The van der Waals surface area contributed by atoms with Gasteiger partial charge in [-0.3, -0.25) is 4.79 Å². The van der Waals surface area contributed by atoms with Crippen LogP contribution in [-0.4, -0.2) is 26.1 Å². The summed E-state index contributed by atoms with van der Waals surface area (Å²) in [5, 5.41) is 5.32. The molecule has 2 aromatic heterocycles. The van der Waals surface area contributed by atoms with Crippen LogP contribution in [0.1, 0.15) is 11.1 Å². The maximum absolute atomic E-state index is 12.6. The highest BCUT2D eigenvalue weighted by Crippen LogP contribution is 2.34. The minimum Gasteiger partial charge on any atom is -0.464 e. The van der Waals surface area contributed by atoms with E-state index in [0.717, 1.165) is 21.9 Å². The molecular weight excluding hydrogens is 430 g/mol. The lowest BCUT2D eigenvalue weighted by molar-refractivity contribution is -0.120. The summed E-state index contributed by atoms with van der Waals surface area (Å²) in [4.78, 5) is 25.1. The van der Waals surface area contributed by atoms with E-state index in [-0.39, 0.29) is 17.7 Å². The number of benzene rings is 2. The first kappa shape index (κ1) is 20.3. The molecule has 4 aromatic rings. The second kappa shape index (κ2) is 7.49. The van der Waals surface area contributed by atoms with Crippen LogP contribution < -0.4 is 10.9 Å². The lowest BCUT2D eigenvalue weighted by atomic mass is 9.99. The summed E-state index contributed by atoms with van der Waals surface area (Å²) in [6.45, 7) is 1.77. The molecule has 0 aliphatic carbocycles. The number of carbonyl (C=O) groups excluding carboxylic acids is 1. The van der Waals surface area contributed by atoms with E-state index in [2.05, 4.69) is 5.32 Å². The van der Waals surface area contributed by atoms with Crippen molar-refractivity contribution in [3.8, 4) is 11.1 Å². The molecule has 1 aliphatic heterocycles. The predicted octanol–water partition coefficient (Wildman–Crippen LogP) is 3.48. The van der Waals surface area contributed by atoms with Gasteiger partial charge in [-0.25, -0.2) is 13.2 Å². The van der Waals surface area contributed by atoms with E-state index in [1.165, 1.54) is 6.08 Å². The van der Waals surface area contributed by atoms with Gasteiger partial charge in [-0.05, 0) is 30.2 Å². The Balaban J connectivity index is 1.52. The number of aryl methyl sites for hydroxylation is 1. The maximum Gasteiger partial charge on any atom is 0.340 e. The van der Waals surface area contributed by atoms with Gasteiger partial charge in [-0.2, -0.15) is 0 Å². The Hall–Kier alpha value is -3.65. The van der Waals surface area contributed by atoms with Crippen molar-refractivity contribution in [2.45, 2.75) is 19.4 Å². The minimum absolute atomic E-state index is 0.176. The molecule has 1 unspecified atom stereocenters. The smallest absolute Gasteiger partial charge is 0.340 e. The maximum atomic E-state index is 12.6. The number of furan rings is 1. The average Bonchev–Trinajstić information content (AvgIpc) is 3.32. The van der Waals surface area contributed by atoms with Crippen molar-refractivity contribution in [1.29, 1.82) is 0 Å². The third-order valence-electron chi connectivity index (χ3n) is 5.68. The largest absolute Gasteiger partial charge is 0.464 e. The first-order valence-corrected chi connectivity index (χ1v) is 11.8. The zero-order valence-corrected chi connectivity index (χ0v) is 17.9. The summed E-state index contributed by atoms with van der Waals surface area (Å²) in [6, 6.07) is 12.8. The van der Waals surface area contributed by atoms with Crippen molar-refractivity contribution >= 4 is 37.7 Å². The number of carbonyl (C=O) groups is 1. The molecule has 1 amide bonds. The average molecular weight is 449 g/mol. The fourth-order valence-electron chi connectivity index (χ4n) is 4.04. The first-order valence-electron chi connectivity index (χ1n) is 10.0. The molecule has 1 N–H and O–H groups in total. The van der Waals surface area contributed by atoms with E-state index in [4.69, 9.17) is 8.83 Å². The van der Waals surface area contributed by atoms with E-state index in [1.54, 1.807) is 19.3 Å². The number of hydrogen-bond acceptors (Lipinski definition) is 6. The van der Waals surface area contributed by atoms with Gasteiger partial charge < -0.3 is 14.2 Å². The highest BCUT2D eigenvalue weighted by atomic mass is 32.2. The number of amides is 1. The van der Waals surface area contributed by atoms with Crippen LogP contribution in [0.5, 0.6) is 0 Å². The van der Waals surface area contributed by atoms with Crippen LogP contribution in [0.4, 0.5) is 0 Å². The second-order valence-corrected chi connectivity index (χ2v) is 9.79. The summed E-state index contributed by atoms with van der Waals surface area (Å²) in [6.07, 6.45) is 2.90. The van der Waals surface area contributed by atoms with Crippen LogP contribution in [0.25, 0.3) is 33.1 Å². The van der Waals surface area contributed by atoms with Gasteiger partial charge in [0.05, 0.1) is 30.0 Å². The number of rotatable bonds is 4. The Morgan fingerprint density at radius 2 is 1.91 bits per heavy atom. The van der Waals surface area contributed by atoms with E-state index in [9.17, 15) is 18.0 Å². The Morgan fingerprint density at radius 1 is 1.12 bits per heavy atom. The van der Waals surface area contributed by atoms with Gasteiger partial charge in [0, 0.05) is 27.8 Å². The third kappa shape index (κ3) is 3.62. The van der Waals surface area contributed by atoms with Crippen molar-refractivity contribution in [3.63, 3.8) is 0 Å². The number of hydrogen-bond donors (Lipinski definition) is 1. The topological polar surface area (TPSA) is 107 Å². The Bertz CT molecular complexity index is 1560. The molecule has 2 aromatic carbocycles. The Morgan fingerprint density at radius 3 is 2.62 bits per heavy atom. The molecule has 0 bridgehead atoms. The first-order chi connectivity index (χ1) is 15.3. The molecule has 1 aliphatic rings. The van der Waals surface area contributed by atoms with E-state index >= 15 is 0 Å². The molecule has 0 radical (unpaired) electrons. The van der Waals surface area contributed by atoms with Gasteiger partial charge in [0.2, 0.25) is 5.91 Å². The van der Waals surface area contributed by atoms with Gasteiger partial charge in [0.25, 0.3) is 0 Å².